The van der Waals surface area contributed by atoms with Crippen LogP contribution < -0.4 is 4.90 Å². The molecule has 3 rings (SSSR count). The lowest BCUT2D eigenvalue weighted by Crippen LogP contribution is -2.48. The van der Waals surface area contributed by atoms with Crippen molar-refractivity contribution in [3.8, 4) is 0 Å². The molecule has 0 amide bonds. The van der Waals surface area contributed by atoms with Gasteiger partial charge in [0.05, 0.1) is 11.5 Å². The molecule has 1 aromatic carbocycles. The van der Waals surface area contributed by atoms with Crippen molar-refractivity contribution in [2.75, 3.05) is 50.8 Å². The molecule has 2 aliphatic heterocycles. The molecule has 1 unspecified atom stereocenters. The lowest BCUT2D eigenvalue weighted by Gasteiger charge is -2.36. The van der Waals surface area contributed by atoms with Crippen molar-refractivity contribution in [2.24, 2.45) is 5.92 Å². The molecule has 120 valence electrons. The zero-order valence-corrected chi connectivity index (χ0v) is 13.0. The molecule has 0 N–H and O–H groups in total. The summed E-state index contributed by atoms with van der Waals surface area (Å²) in [5.41, 5.74) is 1.90. The number of hydrogen-bond donors (Lipinski definition) is 0. The molecule has 6 heteroatoms. The largest absolute Gasteiger partial charge is 0.381 e. The topological polar surface area (TPSA) is 58.8 Å². The lowest BCUT2D eigenvalue weighted by molar-refractivity contribution is -0.384. The van der Waals surface area contributed by atoms with Crippen LogP contribution in [0.25, 0.3) is 0 Å². The lowest BCUT2D eigenvalue weighted by atomic mass is 10.1. The van der Waals surface area contributed by atoms with Gasteiger partial charge in [-0.15, -0.1) is 0 Å². The Hall–Kier alpha value is -1.66. The molecule has 22 heavy (non-hydrogen) atoms. The van der Waals surface area contributed by atoms with Gasteiger partial charge in [0, 0.05) is 45.4 Å². The zero-order chi connectivity index (χ0) is 15.5. The minimum Gasteiger partial charge on any atom is -0.381 e. The third-order valence-electron chi connectivity index (χ3n) is 4.58. The van der Waals surface area contributed by atoms with Crippen LogP contribution in [0.3, 0.4) is 0 Å². The fourth-order valence-corrected chi connectivity index (χ4v) is 3.31. The predicted molar refractivity (Wildman–Crippen MR) is 85.4 cm³/mol. The molecular formula is C16H23N3O3. The van der Waals surface area contributed by atoms with Crippen LogP contribution in [0.1, 0.15) is 12.0 Å². The van der Waals surface area contributed by atoms with Crippen LogP contribution in [0.15, 0.2) is 18.2 Å². The first-order valence-electron chi connectivity index (χ1n) is 7.93. The van der Waals surface area contributed by atoms with Gasteiger partial charge in [0.2, 0.25) is 0 Å². The third kappa shape index (κ3) is 3.39. The van der Waals surface area contributed by atoms with E-state index in [0.717, 1.165) is 63.6 Å². The number of piperazine rings is 1. The van der Waals surface area contributed by atoms with E-state index in [1.165, 1.54) is 0 Å². The summed E-state index contributed by atoms with van der Waals surface area (Å²) < 4.78 is 5.43. The van der Waals surface area contributed by atoms with E-state index in [2.05, 4.69) is 9.80 Å². The molecule has 2 fully saturated rings. The molecule has 0 aromatic heterocycles. The molecule has 6 nitrogen and oxygen atoms in total. The Kier molecular flexibility index (Phi) is 4.59. The number of aryl methyl sites for hydroxylation is 1. The van der Waals surface area contributed by atoms with Gasteiger partial charge in [-0.1, -0.05) is 6.07 Å². The third-order valence-corrected chi connectivity index (χ3v) is 4.58. The van der Waals surface area contributed by atoms with Gasteiger partial charge in [-0.25, -0.2) is 0 Å². The minimum absolute atomic E-state index is 0.220. The Morgan fingerprint density at radius 1 is 1.32 bits per heavy atom. The van der Waals surface area contributed by atoms with E-state index >= 15 is 0 Å². The minimum atomic E-state index is -0.273. The molecule has 1 atom stereocenters. The van der Waals surface area contributed by atoms with Gasteiger partial charge < -0.3 is 9.64 Å². The number of rotatable bonds is 4. The zero-order valence-electron chi connectivity index (χ0n) is 13.0. The number of ether oxygens (including phenoxy) is 1. The molecule has 1 aromatic rings. The number of nitrogens with zero attached hydrogens (tertiary/aromatic N) is 3. The van der Waals surface area contributed by atoms with Crippen LogP contribution in [0.4, 0.5) is 11.4 Å². The maximum Gasteiger partial charge on any atom is 0.292 e. The smallest absolute Gasteiger partial charge is 0.292 e. The van der Waals surface area contributed by atoms with Gasteiger partial charge in [-0.05, 0) is 30.9 Å². The first-order valence-corrected chi connectivity index (χ1v) is 7.93. The fourth-order valence-electron chi connectivity index (χ4n) is 3.31. The van der Waals surface area contributed by atoms with Crippen LogP contribution in [-0.4, -0.2) is 55.8 Å². The van der Waals surface area contributed by atoms with Crippen LogP contribution >= 0.6 is 0 Å². The number of nitro benzene ring substituents is 1. The van der Waals surface area contributed by atoms with E-state index in [1.807, 2.05) is 19.1 Å². The molecule has 0 saturated carbocycles. The average molecular weight is 305 g/mol. The number of benzene rings is 1. The van der Waals surface area contributed by atoms with E-state index in [-0.39, 0.29) is 10.6 Å². The Balaban J connectivity index is 1.62. The summed E-state index contributed by atoms with van der Waals surface area (Å²) in [4.78, 5) is 15.6. The molecule has 0 spiro atoms. The van der Waals surface area contributed by atoms with Crippen LogP contribution in [-0.2, 0) is 4.74 Å². The summed E-state index contributed by atoms with van der Waals surface area (Å²) in [6.07, 6.45) is 1.16. The Morgan fingerprint density at radius 3 is 2.73 bits per heavy atom. The predicted octanol–water partition coefficient (Wildman–Crippen LogP) is 2.06. The highest BCUT2D eigenvalue weighted by Crippen LogP contribution is 2.30. The van der Waals surface area contributed by atoms with Crippen molar-refractivity contribution in [2.45, 2.75) is 13.3 Å². The SMILES string of the molecule is Cc1ccc(N2CCN(CC3CCOC3)CC2)c([N+](=O)[O-])c1. The Labute approximate surface area is 130 Å². The molecular weight excluding hydrogens is 282 g/mol. The van der Waals surface area contributed by atoms with E-state index in [0.29, 0.717) is 5.92 Å². The van der Waals surface area contributed by atoms with E-state index in [4.69, 9.17) is 4.74 Å². The second-order valence-corrected chi connectivity index (χ2v) is 6.27. The molecule has 2 saturated heterocycles. The Bertz CT molecular complexity index is 535. The normalized spacial score (nSPS) is 23.0. The number of nitro groups is 1. The highest BCUT2D eigenvalue weighted by atomic mass is 16.6. The molecule has 0 radical (unpaired) electrons. The Morgan fingerprint density at radius 2 is 2.09 bits per heavy atom. The first kappa shape index (κ1) is 15.2. The molecule has 0 aliphatic carbocycles. The molecule has 2 heterocycles. The highest BCUT2D eigenvalue weighted by Gasteiger charge is 2.26. The summed E-state index contributed by atoms with van der Waals surface area (Å²) in [6, 6.07) is 5.50. The van der Waals surface area contributed by atoms with Crippen molar-refractivity contribution >= 4 is 11.4 Å². The van der Waals surface area contributed by atoms with E-state index < -0.39 is 0 Å². The van der Waals surface area contributed by atoms with Crippen molar-refractivity contribution in [1.82, 2.24) is 4.90 Å². The molecule has 2 aliphatic rings. The fraction of sp³-hybridized carbons (Fsp3) is 0.625. The van der Waals surface area contributed by atoms with Crippen molar-refractivity contribution in [1.29, 1.82) is 0 Å². The summed E-state index contributed by atoms with van der Waals surface area (Å²) >= 11 is 0. The number of anilines is 1. The van der Waals surface area contributed by atoms with Crippen LogP contribution in [0.5, 0.6) is 0 Å². The van der Waals surface area contributed by atoms with Gasteiger partial charge in [-0.2, -0.15) is 0 Å². The summed E-state index contributed by atoms with van der Waals surface area (Å²) in [5.74, 6) is 0.653. The first-order chi connectivity index (χ1) is 10.6. The van der Waals surface area contributed by atoms with Gasteiger partial charge >= 0.3 is 0 Å². The maximum absolute atomic E-state index is 11.3. The van der Waals surface area contributed by atoms with Crippen molar-refractivity contribution < 1.29 is 9.66 Å². The quantitative estimate of drug-likeness (QED) is 0.629. The van der Waals surface area contributed by atoms with Crippen molar-refractivity contribution in [3.05, 3.63) is 33.9 Å². The molecule has 0 bridgehead atoms. The van der Waals surface area contributed by atoms with Gasteiger partial charge in [-0.3, -0.25) is 15.0 Å². The van der Waals surface area contributed by atoms with Gasteiger partial charge in [0.1, 0.15) is 5.69 Å². The second-order valence-electron chi connectivity index (χ2n) is 6.27. The summed E-state index contributed by atoms with van der Waals surface area (Å²) in [6.45, 7) is 8.35. The van der Waals surface area contributed by atoms with Gasteiger partial charge in [0.15, 0.2) is 0 Å². The maximum atomic E-state index is 11.3. The standard InChI is InChI=1S/C16H23N3O3/c1-13-2-3-15(16(10-13)19(20)21)18-7-5-17(6-8-18)11-14-4-9-22-12-14/h2-3,10,14H,4-9,11-12H2,1H3. The van der Waals surface area contributed by atoms with Crippen LogP contribution in [0.2, 0.25) is 0 Å². The average Bonchev–Trinajstić information content (AvgIpc) is 3.01. The summed E-state index contributed by atoms with van der Waals surface area (Å²) in [7, 11) is 0. The van der Waals surface area contributed by atoms with Crippen molar-refractivity contribution in [3.63, 3.8) is 0 Å². The van der Waals surface area contributed by atoms with E-state index in [1.54, 1.807) is 6.07 Å². The van der Waals surface area contributed by atoms with E-state index in [9.17, 15) is 10.1 Å². The van der Waals surface area contributed by atoms with Gasteiger partial charge in [0.25, 0.3) is 5.69 Å². The highest BCUT2D eigenvalue weighted by molar-refractivity contribution is 5.64. The van der Waals surface area contributed by atoms with Crippen LogP contribution in [0, 0.1) is 23.0 Å². The summed E-state index contributed by atoms with van der Waals surface area (Å²) in [5, 5.41) is 11.3. The number of hydrogen-bond acceptors (Lipinski definition) is 5. The second kappa shape index (κ2) is 6.62. The monoisotopic (exact) mass is 305 g/mol.